The van der Waals surface area contributed by atoms with E-state index in [9.17, 15) is 24.4 Å². The van der Waals surface area contributed by atoms with Crippen LogP contribution in [0.2, 0.25) is 0 Å². The molecular weight excluding hydrogens is 442 g/mol. The van der Waals surface area contributed by atoms with Crippen LogP contribution in [-0.4, -0.2) is 30.3 Å². The maximum Gasteiger partial charge on any atom is 0.348 e. The number of carbonyl (C=O) groups excluding carboxylic acids is 4. The van der Waals surface area contributed by atoms with Crippen molar-refractivity contribution in [3.05, 3.63) is 81.2 Å². The lowest BCUT2D eigenvalue weighted by Gasteiger charge is -2.15. The Bertz CT molecular complexity index is 1330. The lowest BCUT2D eigenvalue weighted by atomic mass is 10.1. The Hall–Kier alpha value is -4.29. The predicted molar refractivity (Wildman–Crippen MR) is 122 cm³/mol. The van der Waals surface area contributed by atoms with Crippen molar-refractivity contribution in [2.75, 3.05) is 16.8 Å². The van der Waals surface area contributed by atoms with Gasteiger partial charge in [0.1, 0.15) is 15.9 Å². The summed E-state index contributed by atoms with van der Waals surface area (Å²) in [6.45, 7) is 3.47. The van der Waals surface area contributed by atoms with Gasteiger partial charge in [-0.25, -0.2) is 9.69 Å². The maximum absolute atomic E-state index is 12.9. The van der Waals surface area contributed by atoms with Gasteiger partial charge < -0.3 is 10.1 Å². The Labute approximate surface area is 193 Å². The van der Waals surface area contributed by atoms with Crippen LogP contribution in [0.25, 0.3) is 0 Å². The molecule has 8 nitrogen and oxygen atoms in total. The highest BCUT2D eigenvalue weighted by atomic mass is 32.1. The van der Waals surface area contributed by atoms with Gasteiger partial charge in [-0.05, 0) is 49.7 Å². The van der Waals surface area contributed by atoms with E-state index in [1.807, 2.05) is 6.07 Å². The van der Waals surface area contributed by atoms with E-state index in [0.717, 1.165) is 16.2 Å². The Balaban J connectivity index is 1.62. The number of nitrogens with one attached hydrogen (secondary N) is 1. The summed E-state index contributed by atoms with van der Waals surface area (Å²) >= 11 is 0.956. The second-order valence-corrected chi connectivity index (χ2v) is 8.11. The largest absolute Gasteiger partial charge is 0.462 e. The van der Waals surface area contributed by atoms with E-state index in [2.05, 4.69) is 5.32 Å². The number of ether oxygens (including phenoxy) is 1. The van der Waals surface area contributed by atoms with Gasteiger partial charge in [0, 0.05) is 5.56 Å². The average Bonchev–Trinajstić information content (AvgIpc) is 3.27. The van der Waals surface area contributed by atoms with Gasteiger partial charge in [-0.1, -0.05) is 18.2 Å². The third-order valence-corrected chi connectivity index (χ3v) is 6.29. The zero-order valence-corrected chi connectivity index (χ0v) is 18.5. The maximum atomic E-state index is 12.9. The number of fused-ring (bicyclic) bond motifs is 1. The number of anilines is 2. The number of esters is 1. The second kappa shape index (κ2) is 8.68. The number of nitriles is 1. The molecule has 0 atom stereocenters. The molecule has 3 amide bonds. The monoisotopic (exact) mass is 459 g/mol. The van der Waals surface area contributed by atoms with Gasteiger partial charge in [0.05, 0.1) is 29.0 Å². The van der Waals surface area contributed by atoms with Crippen molar-refractivity contribution < 1.29 is 23.9 Å². The fraction of sp³-hybridized carbons (Fsp3) is 0.125. The number of hydrogen-bond donors (Lipinski definition) is 1. The van der Waals surface area contributed by atoms with Gasteiger partial charge in [-0.15, -0.1) is 11.3 Å². The first-order valence-corrected chi connectivity index (χ1v) is 10.8. The quantitative estimate of drug-likeness (QED) is 0.452. The predicted octanol–water partition coefficient (Wildman–Crippen LogP) is 4.16. The molecule has 2 aromatic carbocycles. The van der Waals surface area contributed by atoms with E-state index in [4.69, 9.17) is 4.74 Å². The molecule has 9 heteroatoms. The van der Waals surface area contributed by atoms with Crippen LogP contribution in [0.5, 0.6) is 0 Å². The summed E-state index contributed by atoms with van der Waals surface area (Å²) in [6.07, 6.45) is 0. The summed E-state index contributed by atoms with van der Waals surface area (Å²) in [7, 11) is 0. The summed E-state index contributed by atoms with van der Waals surface area (Å²) < 4.78 is 5.01. The molecule has 0 saturated heterocycles. The molecule has 0 radical (unpaired) electrons. The van der Waals surface area contributed by atoms with Crippen LogP contribution in [0.4, 0.5) is 10.7 Å². The highest BCUT2D eigenvalue weighted by molar-refractivity contribution is 7.18. The van der Waals surface area contributed by atoms with Gasteiger partial charge >= 0.3 is 5.97 Å². The number of amides is 3. The average molecular weight is 459 g/mol. The topological polar surface area (TPSA) is 117 Å². The van der Waals surface area contributed by atoms with E-state index < -0.39 is 23.7 Å². The van der Waals surface area contributed by atoms with Crippen LogP contribution in [0, 0.1) is 18.3 Å². The third-order valence-electron chi connectivity index (χ3n) is 5.11. The van der Waals surface area contributed by atoms with Gasteiger partial charge in [-0.2, -0.15) is 5.26 Å². The van der Waals surface area contributed by atoms with E-state index >= 15 is 0 Å². The van der Waals surface area contributed by atoms with Crippen molar-refractivity contribution in [3.63, 3.8) is 0 Å². The Kier molecular flexibility index (Phi) is 5.77. The molecule has 1 aromatic heterocycles. The lowest BCUT2D eigenvalue weighted by molar-refractivity contribution is 0.0531. The lowest BCUT2D eigenvalue weighted by Crippen LogP contribution is -2.29. The molecule has 0 saturated carbocycles. The number of benzene rings is 2. The minimum atomic E-state index is -0.565. The van der Waals surface area contributed by atoms with E-state index in [0.29, 0.717) is 16.7 Å². The van der Waals surface area contributed by atoms with Crippen LogP contribution in [0.1, 0.15) is 58.8 Å². The van der Waals surface area contributed by atoms with E-state index in [1.54, 1.807) is 50.2 Å². The minimum Gasteiger partial charge on any atom is -0.462 e. The van der Waals surface area contributed by atoms with Gasteiger partial charge in [0.25, 0.3) is 17.7 Å². The summed E-state index contributed by atoms with van der Waals surface area (Å²) in [6, 6.07) is 14.6. The molecule has 164 valence electrons. The Morgan fingerprint density at radius 2 is 1.76 bits per heavy atom. The van der Waals surface area contributed by atoms with Crippen LogP contribution >= 0.6 is 11.3 Å². The van der Waals surface area contributed by atoms with Crippen LogP contribution in [0.3, 0.4) is 0 Å². The molecule has 0 fully saturated rings. The molecule has 2 heterocycles. The highest BCUT2D eigenvalue weighted by Gasteiger charge is 2.36. The summed E-state index contributed by atoms with van der Waals surface area (Å²) in [5.74, 6) is -2.05. The minimum absolute atomic E-state index is 0.174. The molecule has 4 rings (SSSR count). The molecule has 0 unspecified atom stereocenters. The molecule has 0 aliphatic carbocycles. The zero-order chi connectivity index (χ0) is 23.7. The molecular formula is C24H17N3O5S. The van der Waals surface area contributed by atoms with E-state index in [-0.39, 0.29) is 33.3 Å². The first-order chi connectivity index (χ1) is 15.9. The molecule has 0 bridgehead atoms. The molecule has 3 aromatic rings. The first kappa shape index (κ1) is 21.9. The normalized spacial score (nSPS) is 12.3. The first-order valence-electron chi connectivity index (χ1n) is 9.97. The number of imide groups is 1. The van der Waals surface area contributed by atoms with Crippen molar-refractivity contribution in [1.29, 1.82) is 5.26 Å². The van der Waals surface area contributed by atoms with Crippen molar-refractivity contribution >= 4 is 45.7 Å². The van der Waals surface area contributed by atoms with Crippen molar-refractivity contribution in [2.24, 2.45) is 0 Å². The second-order valence-electron chi connectivity index (χ2n) is 7.09. The van der Waals surface area contributed by atoms with Gasteiger partial charge in [-0.3, -0.25) is 14.4 Å². The smallest absolute Gasteiger partial charge is 0.348 e. The third kappa shape index (κ3) is 3.77. The fourth-order valence-corrected chi connectivity index (χ4v) is 4.56. The number of carbonyl (C=O) groups is 4. The summed E-state index contributed by atoms with van der Waals surface area (Å²) in [5.41, 5.74) is 1.64. The number of thiophene rings is 1. The van der Waals surface area contributed by atoms with Crippen LogP contribution in [0.15, 0.2) is 48.5 Å². The number of hydrogen-bond acceptors (Lipinski definition) is 7. The highest BCUT2D eigenvalue weighted by Crippen LogP contribution is 2.34. The van der Waals surface area contributed by atoms with Gasteiger partial charge in [0.15, 0.2) is 0 Å². The van der Waals surface area contributed by atoms with Crippen molar-refractivity contribution in [3.8, 4) is 6.07 Å². The Morgan fingerprint density at radius 3 is 2.36 bits per heavy atom. The van der Waals surface area contributed by atoms with Crippen LogP contribution < -0.4 is 10.2 Å². The standard InChI is InChI=1S/C24H17N3O5S/c1-3-32-24(31)19-13(2)18(12-25)21(33-19)26-20(28)14-7-6-8-15(11-14)27-22(29)16-9-4-5-10-17(16)23(27)30/h4-11H,3H2,1-2H3,(H,26,28). The molecule has 1 N–H and O–H groups in total. The SMILES string of the molecule is CCOC(=O)c1sc(NC(=O)c2cccc(N3C(=O)c4ccccc4C3=O)c2)c(C#N)c1C. The van der Waals surface area contributed by atoms with Crippen LogP contribution in [-0.2, 0) is 4.74 Å². The fourth-order valence-electron chi connectivity index (χ4n) is 3.51. The van der Waals surface area contributed by atoms with Gasteiger partial charge in [0.2, 0.25) is 0 Å². The van der Waals surface area contributed by atoms with Crippen molar-refractivity contribution in [1.82, 2.24) is 0 Å². The molecule has 1 aliphatic rings. The zero-order valence-electron chi connectivity index (χ0n) is 17.7. The summed E-state index contributed by atoms with van der Waals surface area (Å²) in [4.78, 5) is 51.8. The molecule has 1 aliphatic heterocycles. The van der Waals surface area contributed by atoms with Crippen molar-refractivity contribution in [2.45, 2.75) is 13.8 Å². The number of nitrogens with zero attached hydrogens (tertiary/aromatic N) is 2. The molecule has 33 heavy (non-hydrogen) atoms. The number of rotatable bonds is 5. The molecule has 0 spiro atoms. The Morgan fingerprint density at radius 1 is 1.09 bits per heavy atom. The summed E-state index contributed by atoms with van der Waals surface area (Å²) in [5, 5.41) is 12.4. The van der Waals surface area contributed by atoms with E-state index in [1.165, 1.54) is 12.1 Å².